The van der Waals surface area contributed by atoms with Crippen LogP contribution in [0.1, 0.15) is 23.6 Å². The van der Waals surface area contributed by atoms with E-state index < -0.39 is 0 Å². The number of nitrogen functional groups attached to an aromatic ring is 1. The molecule has 0 saturated heterocycles. The fraction of sp³-hybridized carbons (Fsp3) is 0.125. The van der Waals surface area contributed by atoms with Crippen LogP contribution in [0.25, 0.3) is 0 Å². The average Bonchev–Trinajstić information content (AvgIpc) is 2.39. The number of benzene rings is 2. The summed E-state index contributed by atoms with van der Waals surface area (Å²) in [6, 6.07) is 16.0. The zero-order valence-electron chi connectivity index (χ0n) is 9.90. The molecule has 0 spiro atoms. The molecule has 2 rings (SSSR count). The Morgan fingerprint density at radius 2 is 1.76 bits per heavy atom. The molecule has 1 nitrogen and oxygen atoms in total. The molecule has 0 amide bonds. The lowest BCUT2D eigenvalue weighted by Crippen LogP contribution is -1.92. The van der Waals surface area contributed by atoms with E-state index in [-0.39, 0.29) is 0 Å². The lowest BCUT2D eigenvalue weighted by molar-refractivity contribution is 1.14. The maximum absolute atomic E-state index is 5.91. The van der Waals surface area contributed by atoms with Gasteiger partial charge in [0.05, 0.1) is 0 Å². The minimum absolute atomic E-state index is 0.741. The van der Waals surface area contributed by atoms with Gasteiger partial charge in [-0.05, 0) is 36.2 Å². The first-order valence-electron chi connectivity index (χ1n) is 5.75. The van der Waals surface area contributed by atoms with Crippen molar-refractivity contribution >= 4 is 5.69 Å². The molecule has 0 aliphatic rings. The quantitative estimate of drug-likeness (QED) is 0.580. The van der Waals surface area contributed by atoms with Gasteiger partial charge in [-0.2, -0.15) is 0 Å². The van der Waals surface area contributed by atoms with Crippen molar-refractivity contribution in [1.82, 2.24) is 0 Å². The number of rotatable bonds is 1. The van der Waals surface area contributed by atoms with Crippen molar-refractivity contribution in [1.29, 1.82) is 0 Å². The summed E-state index contributed by atoms with van der Waals surface area (Å²) in [5.74, 6) is 6.25. The number of aryl methyl sites for hydroxylation is 1. The predicted molar refractivity (Wildman–Crippen MR) is 72.7 cm³/mol. The van der Waals surface area contributed by atoms with Crippen LogP contribution >= 0.6 is 0 Å². The van der Waals surface area contributed by atoms with Gasteiger partial charge in [-0.1, -0.05) is 43.0 Å². The molecule has 0 bridgehead atoms. The van der Waals surface area contributed by atoms with Gasteiger partial charge in [-0.25, -0.2) is 0 Å². The van der Waals surface area contributed by atoms with Crippen molar-refractivity contribution in [3.63, 3.8) is 0 Å². The first-order chi connectivity index (χ1) is 8.29. The van der Waals surface area contributed by atoms with E-state index >= 15 is 0 Å². The third-order valence-electron chi connectivity index (χ3n) is 2.64. The van der Waals surface area contributed by atoms with Crippen LogP contribution in [-0.4, -0.2) is 0 Å². The third kappa shape index (κ3) is 2.89. The van der Waals surface area contributed by atoms with Crippen LogP contribution in [0.15, 0.2) is 48.5 Å². The molecular formula is C16H15N. The minimum Gasteiger partial charge on any atom is -0.398 e. The summed E-state index contributed by atoms with van der Waals surface area (Å²) >= 11 is 0. The first kappa shape index (κ1) is 11.3. The zero-order chi connectivity index (χ0) is 12.1. The summed E-state index contributed by atoms with van der Waals surface area (Å²) < 4.78 is 0. The Balaban J connectivity index is 2.33. The maximum atomic E-state index is 5.91. The Morgan fingerprint density at radius 3 is 2.47 bits per heavy atom. The van der Waals surface area contributed by atoms with Crippen molar-refractivity contribution in [3.05, 3.63) is 65.2 Å². The van der Waals surface area contributed by atoms with Crippen LogP contribution in [0.4, 0.5) is 5.69 Å². The Morgan fingerprint density at radius 1 is 1.00 bits per heavy atom. The lowest BCUT2D eigenvalue weighted by atomic mass is 10.1. The van der Waals surface area contributed by atoms with E-state index in [2.05, 4.69) is 24.8 Å². The summed E-state index contributed by atoms with van der Waals surface area (Å²) in [7, 11) is 0. The molecule has 0 aliphatic heterocycles. The number of anilines is 1. The highest BCUT2D eigenvalue weighted by atomic mass is 14.5. The molecule has 17 heavy (non-hydrogen) atoms. The van der Waals surface area contributed by atoms with E-state index in [1.807, 2.05) is 42.5 Å². The van der Waals surface area contributed by atoms with E-state index in [9.17, 15) is 0 Å². The van der Waals surface area contributed by atoms with Crippen molar-refractivity contribution in [2.24, 2.45) is 0 Å². The minimum atomic E-state index is 0.741. The molecule has 1 heteroatoms. The molecule has 2 aromatic carbocycles. The highest BCUT2D eigenvalue weighted by molar-refractivity contribution is 5.58. The third-order valence-corrected chi connectivity index (χ3v) is 2.64. The average molecular weight is 221 g/mol. The molecule has 2 aromatic rings. The topological polar surface area (TPSA) is 26.0 Å². The van der Waals surface area contributed by atoms with Gasteiger partial charge in [0.1, 0.15) is 0 Å². The van der Waals surface area contributed by atoms with Gasteiger partial charge in [0.15, 0.2) is 0 Å². The molecule has 0 heterocycles. The molecule has 0 saturated carbocycles. The van der Waals surface area contributed by atoms with Crippen molar-refractivity contribution in [3.8, 4) is 11.8 Å². The molecule has 0 unspecified atom stereocenters. The van der Waals surface area contributed by atoms with E-state index in [0.29, 0.717) is 0 Å². The molecule has 0 aliphatic carbocycles. The number of hydrogen-bond acceptors (Lipinski definition) is 1. The van der Waals surface area contributed by atoms with Gasteiger partial charge >= 0.3 is 0 Å². The number of hydrogen-bond donors (Lipinski definition) is 1. The largest absolute Gasteiger partial charge is 0.398 e. The van der Waals surface area contributed by atoms with Crippen LogP contribution in [0.3, 0.4) is 0 Å². The standard InChI is InChI=1S/C16H15N/c1-2-13-9-11-16(17)15(12-13)10-8-14-6-4-3-5-7-14/h3-7,9,11-12H,2,17H2,1H3. The summed E-state index contributed by atoms with van der Waals surface area (Å²) in [5.41, 5.74) is 9.83. The van der Waals surface area contributed by atoms with E-state index in [4.69, 9.17) is 5.73 Å². The Bertz CT molecular complexity index is 559. The van der Waals surface area contributed by atoms with Gasteiger partial charge in [0.2, 0.25) is 0 Å². The summed E-state index contributed by atoms with van der Waals surface area (Å²) in [6.45, 7) is 2.12. The van der Waals surface area contributed by atoms with Crippen molar-refractivity contribution < 1.29 is 0 Å². The van der Waals surface area contributed by atoms with Gasteiger partial charge in [0.25, 0.3) is 0 Å². The van der Waals surface area contributed by atoms with Crippen molar-refractivity contribution in [2.75, 3.05) is 5.73 Å². The van der Waals surface area contributed by atoms with Gasteiger partial charge < -0.3 is 5.73 Å². The van der Waals surface area contributed by atoms with Gasteiger partial charge in [-0.3, -0.25) is 0 Å². The smallest absolute Gasteiger partial charge is 0.0481 e. The molecule has 2 N–H and O–H groups in total. The summed E-state index contributed by atoms with van der Waals surface area (Å²) in [6.07, 6.45) is 1.00. The van der Waals surface area contributed by atoms with Crippen LogP contribution < -0.4 is 5.73 Å². The van der Waals surface area contributed by atoms with Gasteiger partial charge in [0, 0.05) is 16.8 Å². The second-order valence-electron chi connectivity index (χ2n) is 3.89. The van der Waals surface area contributed by atoms with Crippen LogP contribution in [0, 0.1) is 11.8 Å². The lowest BCUT2D eigenvalue weighted by Gasteiger charge is -2.01. The van der Waals surface area contributed by atoms with Crippen LogP contribution in [-0.2, 0) is 6.42 Å². The Kier molecular flexibility index (Phi) is 3.47. The van der Waals surface area contributed by atoms with E-state index in [1.165, 1.54) is 5.56 Å². The zero-order valence-corrected chi connectivity index (χ0v) is 9.90. The molecule has 0 fully saturated rings. The Hall–Kier alpha value is -2.20. The SMILES string of the molecule is CCc1ccc(N)c(C#Cc2ccccc2)c1. The van der Waals surface area contributed by atoms with Gasteiger partial charge in [-0.15, -0.1) is 0 Å². The van der Waals surface area contributed by atoms with E-state index in [1.54, 1.807) is 0 Å². The second kappa shape index (κ2) is 5.23. The van der Waals surface area contributed by atoms with Crippen LogP contribution in [0.5, 0.6) is 0 Å². The summed E-state index contributed by atoms with van der Waals surface area (Å²) in [5, 5.41) is 0. The van der Waals surface area contributed by atoms with Crippen LogP contribution in [0.2, 0.25) is 0 Å². The maximum Gasteiger partial charge on any atom is 0.0481 e. The highest BCUT2D eigenvalue weighted by Gasteiger charge is 1.96. The normalized spacial score (nSPS) is 9.47. The fourth-order valence-corrected chi connectivity index (χ4v) is 1.59. The fourth-order valence-electron chi connectivity index (χ4n) is 1.59. The summed E-state index contributed by atoms with van der Waals surface area (Å²) in [4.78, 5) is 0. The predicted octanol–water partition coefficient (Wildman–Crippen LogP) is 3.23. The number of nitrogens with two attached hydrogens (primary N) is 1. The molecule has 0 atom stereocenters. The molecular weight excluding hydrogens is 206 g/mol. The Labute approximate surface area is 102 Å². The first-order valence-corrected chi connectivity index (χ1v) is 5.75. The van der Waals surface area contributed by atoms with Crippen molar-refractivity contribution in [2.45, 2.75) is 13.3 Å². The highest BCUT2D eigenvalue weighted by Crippen LogP contribution is 2.13. The molecule has 84 valence electrons. The monoisotopic (exact) mass is 221 g/mol. The second-order valence-corrected chi connectivity index (χ2v) is 3.89. The van der Waals surface area contributed by atoms with E-state index in [0.717, 1.165) is 23.2 Å². The molecule has 0 aromatic heterocycles. The molecule has 0 radical (unpaired) electrons.